The SMILES string of the molecule is CC(C)(Cc1cccc(CC(=O)NC2CCSCC2)c1)NC[C@H](O)c1ccc(O)c(NC=O)c1. The van der Waals surface area contributed by atoms with Crippen molar-refractivity contribution in [3.05, 3.63) is 59.2 Å². The van der Waals surface area contributed by atoms with Crippen molar-refractivity contribution in [3.63, 3.8) is 0 Å². The van der Waals surface area contributed by atoms with Crippen LogP contribution in [0.5, 0.6) is 5.75 Å². The summed E-state index contributed by atoms with van der Waals surface area (Å²) in [6, 6.07) is 13.0. The third kappa shape index (κ3) is 8.04. The van der Waals surface area contributed by atoms with Crippen LogP contribution in [0.2, 0.25) is 0 Å². The van der Waals surface area contributed by atoms with Gasteiger partial charge < -0.3 is 26.2 Å². The van der Waals surface area contributed by atoms with E-state index in [-0.39, 0.29) is 22.9 Å². The van der Waals surface area contributed by atoms with Gasteiger partial charge in [-0.2, -0.15) is 11.8 Å². The van der Waals surface area contributed by atoms with E-state index in [0.29, 0.717) is 31.0 Å². The summed E-state index contributed by atoms with van der Waals surface area (Å²) in [6.45, 7) is 4.44. The summed E-state index contributed by atoms with van der Waals surface area (Å²) in [5.41, 5.74) is 2.66. The standard InChI is InChI=1S/C26H35N3O4S/c1-26(2,28-16-24(32)20-6-7-23(31)22(14-20)27-17-30)15-19-5-3-4-18(12-19)13-25(33)29-21-8-10-34-11-9-21/h3-7,12,14,17,21,24,28,31-32H,8-11,13,15-16H2,1-2H3,(H,27,30)(H,29,33)/t24-/m0/s1. The van der Waals surface area contributed by atoms with E-state index in [9.17, 15) is 19.8 Å². The number of amides is 2. The molecule has 3 rings (SSSR count). The number of β-amino-alcohol motifs (C(OH)–C–C–N with tert-alkyl or cyclic N) is 1. The molecular weight excluding hydrogens is 450 g/mol. The Morgan fingerprint density at radius 3 is 2.65 bits per heavy atom. The maximum absolute atomic E-state index is 12.5. The highest BCUT2D eigenvalue weighted by molar-refractivity contribution is 7.99. The monoisotopic (exact) mass is 485 g/mol. The lowest BCUT2D eigenvalue weighted by atomic mass is 9.93. The number of hydrogen-bond donors (Lipinski definition) is 5. The van der Waals surface area contributed by atoms with Gasteiger partial charge in [0.2, 0.25) is 12.3 Å². The van der Waals surface area contributed by atoms with Crippen LogP contribution in [0.25, 0.3) is 0 Å². The van der Waals surface area contributed by atoms with Gasteiger partial charge in [-0.05, 0) is 73.4 Å². The number of aliphatic hydroxyl groups excluding tert-OH is 1. The van der Waals surface area contributed by atoms with Crippen LogP contribution < -0.4 is 16.0 Å². The van der Waals surface area contributed by atoms with E-state index < -0.39 is 6.10 Å². The minimum absolute atomic E-state index is 0.0531. The predicted molar refractivity (Wildman–Crippen MR) is 137 cm³/mol. The Morgan fingerprint density at radius 2 is 1.91 bits per heavy atom. The quantitative estimate of drug-likeness (QED) is 0.247. The Kier molecular flexibility index (Phi) is 9.38. The predicted octanol–water partition coefficient (Wildman–Crippen LogP) is 3.16. The summed E-state index contributed by atoms with van der Waals surface area (Å²) < 4.78 is 0. The van der Waals surface area contributed by atoms with Crippen LogP contribution in [0.4, 0.5) is 5.69 Å². The molecule has 0 spiro atoms. The number of thioether (sulfide) groups is 1. The minimum Gasteiger partial charge on any atom is -0.506 e. The number of benzene rings is 2. The summed E-state index contributed by atoms with van der Waals surface area (Å²) in [4.78, 5) is 23.2. The smallest absolute Gasteiger partial charge is 0.224 e. The van der Waals surface area contributed by atoms with Gasteiger partial charge in [0.15, 0.2) is 0 Å². The number of phenolic OH excluding ortho intramolecular Hbond substituents is 1. The summed E-state index contributed by atoms with van der Waals surface area (Å²) >= 11 is 1.95. The third-order valence-electron chi connectivity index (χ3n) is 5.98. The number of carbonyl (C=O) groups is 2. The first-order valence-electron chi connectivity index (χ1n) is 11.7. The summed E-state index contributed by atoms with van der Waals surface area (Å²) in [5.74, 6) is 2.25. The molecule has 34 heavy (non-hydrogen) atoms. The second-order valence-electron chi connectivity index (χ2n) is 9.45. The fourth-order valence-electron chi connectivity index (χ4n) is 4.16. The van der Waals surface area contributed by atoms with Gasteiger partial charge in [0.25, 0.3) is 0 Å². The Hall–Kier alpha value is -2.55. The number of aromatic hydroxyl groups is 1. The molecule has 0 aromatic heterocycles. The number of nitrogens with one attached hydrogen (secondary N) is 3. The molecule has 0 saturated carbocycles. The van der Waals surface area contributed by atoms with Gasteiger partial charge in [-0.25, -0.2) is 0 Å². The zero-order valence-corrected chi connectivity index (χ0v) is 20.7. The van der Waals surface area contributed by atoms with Gasteiger partial charge in [0.1, 0.15) is 5.75 Å². The Labute approximate surface area is 205 Å². The van der Waals surface area contributed by atoms with Crippen molar-refractivity contribution >= 4 is 29.8 Å². The van der Waals surface area contributed by atoms with E-state index in [1.54, 1.807) is 12.1 Å². The highest BCUT2D eigenvalue weighted by Crippen LogP contribution is 2.27. The second kappa shape index (κ2) is 12.2. The van der Waals surface area contributed by atoms with Crippen LogP contribution in [-0.4, -0.2) is 52.2 Å². The lowest BCUT2D eigenvalue weighted by molar-refractivity contribution is -0.121. The van der Waals surface area contributed by atoms with Crippen molar-refractivity contribution in [3.8, 4) is 5.75 Å². The number of hydrogen-bond acceptors (Lipinski definition) is 6. The van der Waals surface area contributed by atoms with Crippen molar-refractivity contribution in [1.82, 2.24) is 10.6 Å². The maximum Gasteiger partial charge on any atom is 0.224 e. The van der Waals surface area contributed by atoms with Gasteiger partial charge in [0.05, 0.1) is 18.2 Å². The molecule has 0 unspecified atom stereocenters. The number of aliphatic hydroxyl groups is 1. The fraction of sp³-hybridized carbons (Fsp3) is 0.462. The number of rotatable bonds is 11. The number of phenols is 1. The molecule has 1 heterocycles. The lowest BCUT2D eigenvalue weighted by Crippen LogP contribution is -2.43. The molecule has 5 N–H and O–H groups in total. The van der Waals surface area contributed by atoms with Gasteiger partial charge in [-0.1, -0.05) is 30.3 Å². The summed E-state index contributed by atoms with van der Waals surface area (Å²) in [5, 5.41) is 29.4. The van der Waals surface area contributed by atoms with E-state index in [2.05, 4.69) is 41.9 Å². The third-order valence-corrected chi connectivity index (χ3v) is 7.03. The van der Waals surface area contributed by atoms with E-state index in [0.717, 1.165) is 41.9 Å². The van der Waals surface area contributed by atoms with Crippen LogP contribution >= 0.6 is 11.8 Å². The normalized spacial score (nSPS) is 15.5. The molecule has 1 aliphatic rings. The number of carbonyl (C=O) groups excluding carboxylic acids is 2. The van der Waals surface area contributed by atoms with Crippen molar-refractivity contribution in [1.29, 1.82) is 0 Å². The Balaban J connectivity index is 1.53. The van der Waals surface area contributed by atoms with E-state index in [1.165, 1.54) is 6.07 Å². The zero-order valence-electron chi connectivity index (χ0n) is 19.8. The molecule has 2 aromatic rings. The van der Waals surface area contributed by atoms with Crippen LogP contribution in [0, 0.1) is 0 Å². The van der Waals surface area contributed by atoms with Crippen LogP contribution in [0.3, 0.4) is 0 Å². The minimum atomic E-state index is -0.805. The molecule has 0 radical (unpaired) electrons. The van der Waals surface area contributed by atoms with Crippen LogP contribution in [0.1, 0.15) is 49.5 Å². The van der Waals surface area contributed by atoms with Crippen molar-refractivity contribution in [2.75, 3.05) is 23.4 Å². The van der Waals surface area contributed by atoms with E-state index in [4.69, 9.17) is 0 Å². The first-order valence-corrected chi connectivity index (χ1v) is 12.8. The van der Waals surface area contributed by atoms with Gasteiger partial charge in [-0.3, -0.25) is 9.59 Å². The molecule has 8 heteroatoms. The highest BCUT2D eigenvalue weighted by Gasteiger charge is 2.21. The topological polar surface area (TPSA) is 111 Å². The molecule has 1 fully saturated rings. The van der Waals surface area contributed by atoms with Crippen molar-refractivity contribution in [2.45, 2.75) is 57.2 Å². The van der Waals surface area contributed by atoms with E-state index >= 15 is 0 Å². The van der Waals surface area contributed by atoms with Gasteiger partial charge >= 0.3 is 0 Å². The Morgan fingerprint density at radius 1 is 1.18 bits per heavy atom. The zero-order chi connectivity index (χ0) is 24.6. The van der Waals surface area contributed by atoms with E-state index in [1.807, 2.05) is 23.9 Å². The summed E-state index contributed by atoms with van der Waals surface area (Å²) in [7, 11) is 0. The molecule has 0 aliphatic carbocycles. The van der Waals surface area contributed by atoms with Crippen molar-refractivity contribution in [2.24, 2.45) is 0 Å². The molecule has 184 valence electrons. The lowest BCUT2D eigenvalue weighted by Gasteiger charge is -2.28. The first-order chi connectivity index (χ1) is 16.3. The molecule has 1 aliphatic heterocycles. The average Bonchev–Trinajstić information content (AvgIpc) is 2.79. The van der Waals surface area contributed by atoms with Gasteiger partial charge in [0, 0.05) is 18.1 Å². The fourth-order valence-corrected chi connectivity index (χ4v) is 5.27. The molecule has 2 aromatic carbocycles. The number of anilines is 1. The largest absolute Gasteiger partial charge is 0.506 e. The maximum atomic E-state index is 12.5. The Bertz CT molecular complexity index is 976. The first kappa shape index (κ1) is 26.1. The van der Waals surface area contributed by atoms with Gasteiger partial charge in [-0.15, -0.1) is 0 Å². The van der Waals surface area contributed by atoms with Crippen LogP contribution in [0.15, 0.2) is 42.5 Å². The molecule has 7 nitrogen and oxygen atoms in total. The molecule has 2 amide bonds. The second-order valence-corrected chi connectivity index (χ2v) is 10.7. The molecular formula is C26H35N3O4S. The molecule has 0 bridgehead atoms. The molecule has 1 atom stereocenters. The van der Waals surface area contributed by atoms with Crippen LogP contribution in [-0.2, 0) is 22.4 Å². The average molecular weight is 486 g/mol. The molecule has 1 saturated heterocycles. The summed E-state index contributed by atoms with van der Waals surface area (Å²) in [6.07, 6.45) is 2.87. The van der Waals surface area contributed by atoms with Crippen molar-refractivity contribution < 1.29 is 19.8 Å². The highest BCUT2D eigenvalue weighted by atomic mass is 32.2.